The van der Waals surface area contributed by atoms with E-state index in [2.05, 4.69) is 0 Å². The van der Waals surface area contributed by atoms with Gasteiger partial charge in [-0.2, -0.15) is 0 Å². The molecule has 0 saturated carbocycles. The van der Waals surface area contributed by atoms with Gasteiger partial charge in [0.05, 0.1) is 11.5 Å². The maximum absolute atomic E-state index is 13.5. The zero-order valence-electron chi connectivity index (χ0n) is 9.91. The zero-order chi connectivity index (χ0) is 13.8. The van der Waals surface area contributed by atoms with Crippen LogP contribution in [-0.4, -0.2) is 4.21 Å². The Kier molecular flexibility index (Phi) is 4.66. The van der Waals surface area contributed by atoms with Gasteiger partial charge in [0, 0.05) is 26.9 Å². The lowest BCUT2D eigenvalue weighted by molar-refractivity contribution is 0.612. The molecular formula is C14H11ClF2OS. The number of benzene rings is 2. The van der Waals surface area contributed by atoms with Crippen molar-refractivity contribution in [3.63, 3.8) is 0 Å². The van der Waals surface area contributed by atoms with E-state index in [1.54, 1.807) is 24.3 Å². The van der Waals surface area contributed by atoms with Gasteiger partial charge in [-0.15, -0.1) is 0 Å². The molecule has 1 nitrogen and oxygen atoms in total. The van der Waals surface area contributed by atoms with E-state index in [1.807, 2.05) is 0 Å². The first-order valence-electron chi connectivity index (χ1n) is 5.59. The normalized spacial score (nSPS) is 12.4. The maximum Gasteiger partial charge on any atom is 0.128 e. The van der Waals surface area contributed by atoms with Crippen LogP contribution < -0.4 is 0 Å². The molecule has 0 bridgehead atoms. The van der Waals surface area contributed by atoms with Gasteiger partial charge in [0.25, 0.3) is 0 Å². The highest BCUT2D eigenvalue weighted by atomic mass is 35.5. The molecule has 2 aromatic rings. The summed E-state index contributed by atoms with van der Waals surface area (Å²) < 4.78 is 38.9. The fourth-order valence-corrected chi connectivity index (χ4v) is 3.28. The Morgan fingerprint density at radius 2 is 1.63 bits per heavy atom. The van der Waals surface area contributed by atoms with Gasteiger partial charge in [-0.1, -0.05) is 35.9 Å². The van der Waals surface area contributed by atoms with Crippen molar-refractivity contribution in [3.05, 3.63) is 70.2 Å². The van der Waals surface area contributed by atoms with Crippen molar-refractivity contribution >= 4 is 22.4 Å². The second-order valence-electron chi connectivity index (χ2n) is 4.02. The predicted octanol–water partition coefficient (Wildman–Crippen LogP) is 4.07. The SMILES string of the molecule is O=S(Cc1ccccc1F)Cc1c(F)cccc1Cl. The number of halogens is 3. The number of rotatable bonds is 4. The average molecular weight is 301 g/mol. The molecule has 2 rings (SSSR count). The minimum absolute atomic E-state index is 0.0279. The van der Waals surface area contributed by atoms with Crippen LogP contribution in [0.1, 0.15) is 11.1 Å². The molecule has 0 saturated heterocycles. The molecule has 0 aliphatic carbocycles. The van der Waals surface area contributed by atoms with Crippen molar-refractivity contribution in [1.82, 2.24) is 0 Å². The van der Waals surface area contributed by atoms with Gasteiger partial charge in [0.2, 0.25) is 0 Å². The van der Waals surface area contributed by atoms with Crippen LogP contribution in [0, 0.1) is 11.6 Å². The minimum atomic E-state index is -1.42. The quantitative estimate of drug-likeness (QED) is 0.832. The molecule has 0 heterocycles. The van der Waals surface area contributed by atoms with Crippen LogP contribution >= 0.6 is 11.6 Å². The molecule has 5 heteroatoms. The van der Waals surface area contributed by atoms with Gasteiger partial charge in [-0.05, 0) is 18.2 Å². The Labute approximate surface area is 117 Å². The minimum Gasteiger partial charge on any atom is -0.259 e. The topological polar surface area (TPSA) is 17.1 Å². The van der Waals surface area contributed by atoms with Crippen molar-refractivity contribution in [2.75, 3.05) is 0 Å². The third kappa shape index (κ3) is 3.61. The molecule has 19 heavy (non-hydrogen) atoms. The molecule has 0 spiro atoms. The summed E-state index contributed by atoms with van der Waals surface area (Å²) in [6.07, 6.45) is 0. The van der Waals surface area contributed by atoms with Crippen molar-refractivity contribution in [3.8, 4) is 0 Å². The molecule has 0 radical (unpaired) electrons. The van der Waals surface area contributed by atoms with E-state index >= 15 is 0 Å². The van der Waals surface area contributed by atoms with E-state index in [9.17, 15) is 13.0 Å². The molecule has 1 unspecified atom stereocenters. The summed E-state index contributed by atoms with van der Waals surface area (Å²) in [5, 5.41) is 0.238. The lowest BCUT2D eigenvalue weighted by Gasteiger charge is -2.06. The van der Waals surface area contributed by atoms with E-state index in [0.29, 0.717) is 5.56 Å². The van der Waals surface area contributed by atoms with Crippen LogP contribution in [-0.2, 0) is 22.3 Å². The van der Waals surface area contributed by atoms with Gasteiger partial charge < -0.3 is 0 Å². The Morgan fingerprint density at radius 1 is 0.947 bits per heavy atom. The van der Waals surface area contributed by atoms with Gasteiger partial charge in [0.15, 0.2) is 0 Å². The van der Waals surface area contributed by atoms with Gasteiger partial charge in [0.1, 0.15) is 11.6 Å². The second-order valence-corrected chi connectivity index (χ2v) is 5.88. The number of hydrogen-bond acceptors (Lipinski definition) is 1. The zero-order valence-corrected chi connectivity index (χ0v) is 11.5. The molecule has 0 N–H and O–H groups in total. The van der Waals surface area contributed by atoms with Gasteiger partial charge >= 0.3 is 0 Å². The predicted molar refractivity (Wildman–Crippen MR) is 73.4 cm³/mol. The highest BCUT2D eigenvalue weighted by Crippen LogP contribution is 2.21. The fraction of sp³-hybridized carbons (Fsp3) is 0.143. The fourth-order valence-electron chi connectivity index (χ4n) is 1.67. The van der Waals surface area contributed by atoms with Crippen LogP contribution in [0.15, 0.2) is 42.5 Å². The molecule has 100 valence electrons. The molecule has 0 amide bonds. The molecule has 0 fully saturated rings. The van der Waals surface area contributed by atoms with E-state index in [4.69, 9.17) is 11.6 Å². The van der Waals surface area contributed by atoms with Crippen LogP contribution in [0.4, 0.5) is 8.78 Å². The standard InChI is InChI=1S/C14H11ClF2OS/c15-12-5-3-7-14(17)11(12)9-19(18)8-10-4-1-2-6-13(10)16/h1-7H,8-9H2. The largest absolute Gasteiger partial charge is 0.259 e. The molecule has 0 aliphatic heterocycles. The number of hydrogen-bond donors (Lipinski definition) is 0. The molecule has 0 aromatic heterocycles. The Morgan fingerprint density at radius 3 is 2.32 bits per heavy atom. The van der Waals surface area contributed by atoms with Gasteiger partial charge in [-0.25, -0.2) is 8.78 Å². The van der Waals surface area contributed by atoms with Crippen molar-refractivity contribution in [1.29, 1.82) is 0 Å². The summed E-state index contributed by atoms with van der Waals surface area (Å²) in [6.45, 7) is 0. The Bertz CT molecular complexity index is 596. The first-order valence-corrected chi connectivity index (χ1v) is 7.46. The lowest BCUT2D eigenvalue weighted by Crippen LogP contribution is -2.03. The third-order valence-electron chi connectivity index (χ3n) is 2.64. The monoisotopic (exact) mass is 300 g/mol. The van der Waals surface area contributed by atoms with E-state index < -0.39 is 22.4 Å². The first-order chi connectivity index (χ1) is 9.08. The Balaban J connectivity index is 2.12. The third-order valence-corrected chi connectivity index (χ3v) is 4.24. The first kappa shape index (κ1) is 14.2. The van der Waals surface area contributed by atoms with E-state index in [-0.39, 0.29) is 22.1 Å². The highest BCUT2D eigenvalue weighted by Gasteiger charge is 2.12. The van der Waals surface area contributed by atoms with E-state index in [1.165, 1.54) is 18.2 Å². The summed E-state index contributed by atoms with van der Waals surface area (Å²) in [5.74, 6) is -0.887. The van der Waals surface area contributed by atoms with E-state index in [0.717, 1.165) is 0 Å². The van der Waals surface area contributed by atoms with Crippen LogP contribution in [0.3, 0.4) is 0 Å². The summed E-state index contributed by atoms with van der Waals surface area (Å²) in [5.41, 5.74) is 0.562. The second kappa shape index (κ2) is 6.26. The van der Waals surface area contributed by atoms with Crippen molar-refractivity contribution < 1.29 is 13.0 Å². The van der Waals surface area contributed by atoms with Crippen molar-refractivity contribution in [2.45, 2.75) is 11.5 Å². The maximum atomic E-state index is 13.5. The lowest BCUT2D eigenvalue weighted by atomic mass is 10.2. The summed E-state index contributed by atoms with van der Waals surface area (Å²) in [6, 6.07) is 10.4. The van der Waals surface area contributed by atoms with Gasteiger partial charge in [-0.3, -0.25) is 4.21 Å². The van der Waals surface area contributed by atoms with Crippen molar-refractivity contribution in [2.24, 2.45) is 0 Å². The smallest absolute Gasteiger partial charge is 0.128 e. The molecular weight excluding hydrogens is 290 g/mol. The summed E-state index contributed by atoms with van der Waals surface area (Å²) in [7, 11) is -1.42. The summed E-state index contributed by atoms with van der Waals surface area (Å²) >= 11 is 5.86. The highest BCUT2D eigenvalue weighted by molar-refractivity contribution is 7.83. The summed E-state index contributed by atoms with van der Waals surface area (Å²) in [4.78, 5) is 0. The Hall–Kier alpha value is -1.26. The molecule has 1 atom stereocenters. The molecule has 2 aromatic carbocycles. The average Bonchev–Trinajstić information content (AvgIpc) is 2.37. The van der Waals surface area contributed by atoms with Crippen LogP contribution in [0.5, 0.6) is 0 Å². The van der Waals surface area contributed by atoms with Crippen LogP contribution in [0.2, 0.25) is 5.02 Å². The van der Waals surface area contributed by atoms with Crippen LogP contribution in [0.25, 0.3) is 0 Å². The molecule has 0 aliphatic rings.